The summed E-state index contributed by atoms with van der Waals surface area (Å²) in [6, 6.07) is 0.548. The van der Waals surface area contributed by atoms with Crippen molar-refractivity contribution in [3.05, 3.63) is 17.3 Å². The first-order valence-corrected chi connectivity index (χ1v) is 8.57. The maximum absolute atomic E-state index is 5.98. The standard InChI is InChI=1S/C12H15N7S2/c1-7(13)6-9-10(14-11-18(9)4-5-20-11)21-12-15-16-17-19(12)8-2-3-8/h4-5,7-8H,2-3,6,13H2,1H3. The molecule has 1 fully saturated rings. The van der Waals surface area contributed by atoms with E-state index in [0.717, 1.165) is 40.1 Å². The van der Waals surface area contributed by atoms with Crippen LogP contribution in [0.3, 0.4) is 0 Å². The molecule has 0 aromatic carbocycles. The van der Waals surface area contributed by atoms with Crippen molar-refractivity contribution in [1.29, 1.82) is 0 Å². The fourth-order valence-electron chi connectivity index (χ4n) is 2.27. The Hall–Kier alpha value is -1.45. The SMILES string of the molecule is CC(N)Cc1c(Sc2nnnn2C2CC2)nc2sccn12. The summed E-state index contributed by atoms with van der Waals surface area (Å²) in [7, 11) is 0. The van der Waals surface area contributed by atoms with Crippen LogP contribution >= 0.6 is 23.1 Å². The largest absolute Gasteiger partial charge is 0.328 e. The van der Waals surface area contributed by atoms with Crippen LogP contribution in [0.1, 0.15) is 31.5 Å². The molecule has 0 bridgehead atoms. The number of aromatic nitrogens is 6. The lowest BCUT2D eigenvalue weighted by Crippen LogP contribution is -2.19. The van der Waals surface area contributed by atoms with Crippen molar-refractivity contribution in [2.45, 2.75) is 48.5 Å². The number of fused-ring (bicyclic) bond motifs is 1. The number of thiazole rings is 1. The lowest BCUT2D eigenvalue weighted by Gasteiger charge is -2.06. The van der Waals surface area contributed by atoms with Crippen LogP contribution in [-0.4, -0.2) is 35.6 Å². The van der Waals surface area contributed by atoms with Crippen LogP contribution in [0.4, 0.5) is 0 Å². The van der Waals surface area contributed by atoms with Crippen LogP contribution in [0, 0.1) is 0 Å². The molecule has 0 amide bonds. The van der Waals surface area contributed by atoms with E-state index in [4.69, 9.17) is 10.7 Å². The summed E-state index contributed by atoms with van der Waals surface area (Å²) in [6.45, 7) is 2.01. The molecule has 0 spiro atoms. The first-order valence-electron chi connectivity index (χ1n) is 6.88. The van der Waals surface area contributed by atoms with Crippen molar-refractivity contribution in [2.75, 3.05) is 0 Å². The molecular formula is C12H15N7S2. The molecule has 3 heterocycles. The maximum atomic E-state index is 5.98. The van der Waals surface area contributed by atoms with Crippen LogP contribution in [0.25, 0.3) is 4.96 Å². The second-order valence-corrected chi connectivity index (χ2v) is 7.17. The zero-order chi connectivity index (χ0) is 14.4. The van der Waals surface area contributed by atoms with Gasteiger partial charge in [0.25, 0.3) is 0 Å². The van der Waals surface area contributed by atoms with Crippen molar-refractivity contribution in [3.63, 3.8) is 0 Å². The number of tetrazole rings is 1. The molecule has 0 saturated heterocycles. The normalized spacial score (nSPS) is 16.7. The molecular weight excluding hydrogens is 306 g/mol. The Morgan fingerprint density at radius 2 is 2.38 bits per heavy atom. The highest BCUT2D eigenvalue weighted by atomic mass is 32.2. The Morgan fingerprint density at radius 3 is 3.14 bits per heavy atom. The number of rotatable bonds is 5. The van der Waals surface area contributed by atoms with E-state index >= 15 is 0 Å². The summed E-state index contributed by atoms with van der Waals surface area (Å²) in [5, 5.41) is 15.8. The van der Waals surface area contributed by atoms with Gasteiger partial charge in [-0.15, -0.1) is 16.4 Å². The maximum Gasteiger partial charge on any atom is 0.215 e. The number of imidazole rings is 1. The van der Waals surface area contributed by atoms with Gasteiger partial charge in [0.05, 0.1) is 11.7 Å². The summed E-state index contributed by atoms with van der Waals surface area (Å²) in [5.74, 6) is 0. The Kier molecular flexibility index (Phi) is 3.20. The molecule has 2 N–H and O–H groups in total. The molecule has 9 heteroatoms. The molecule has 7 nitrogen and oxygen atoms in total. The summed E-state index contributed by atoms with van der Waals surface area (Å²) in [6.07, 6.45) is 5.14. The summed E-state index contributed by atoms with van der Waals surface area (Å²) in [5.41, 5.74) is 7.12. The van der Waals surface area contributed by atoms with Crippen LogP contribution in [0.15, 0.2) is 21.8 Å². The minimum atomic E-state index is 0.0866. The van der Waals surface area contributed by atoms with E-state index < -0.39 is 0 Å². The molecule has 21 heavy (non-hydrogen) atoms. The number of hydrogen-bond donors (Lipinski definition) is 1. The fourth-order valence-corrected chi connectivity index (χ4v) is 4.02. The third-order valence-corrected chi connectivity index (χ3v) is 5.11. The van der Waals surface area contributed by atoms with Crippen LogP contribution in [0.2, 0.25) is 0 Å². The average Bonchev–Trinajstić information content (AvgIpc) is 2.88. The van der Waals surface area contributed by atoms with Crippen molar-refractivity contribution in [1.82, 2.24) is 29.6 Å². The summed E-state index contributed by atoms with van der Waals surface area (Å²) < 4.78 is 4.02. The molecule has 1 aliphatic carbocycles. The molecule has 0 aliphatic heterocycles. The minimum Gasteiger partial charge on any atom is -0.328 e. The van der Waals surface area contributed by atoms with Gasteiger partial charge in [-0.25, -0.2) is 9.67 Å². The van der Waals surface area contributed by atoms with Gasteiger partial charge in [-0.05, 0) is 42.0 Å². The molecule has 1 atom stereocenters. The molecule has 1 aliphatic rings. The second kappa shape index (κ2) is 5.08. The Labute approximate surface area is 129 Å². The highest BCUT2D eigenvalue weighted by Gasteiger charge is 2.29. The van der Waals surface area contributed by atoms with Crippen LogP contribution in [-0.2, 0) is 6.42 Å². The Bertz CT molecular complexity index is 768. The first kappa shape index (κ1) is 13.2. The second-order valence-electron chi connectivity index (χ2n) is 5.34. The predicted octanol–water partition coefficient (Wildman–Crippen LogP) is 1.76. The molecule has 1 saturated carbocycles. The van der Waals surface area contributed by atoms with Gasteiger partial charge in [0.2, 0.25) is 5.16 Å². The lowest BCUT2D eigenvalue weighted by molar-refractivity contribution is 0.565. The summed E-state index contributed by atoms with van der Waals surface area (Å²) >= 11 is 3.16. The van der Waals surface area contributed by atoms with Crippen molar-refractivity contribution >= 4 is 28.1 Å². The molecule has 4 rings (SSSR count). The van der Waals surface area contributed by atoms with Gasteiger partial charge >= 0.3 is 0 Å². The average molecular weight is 321 g/mol. The van der Waals surface area contributed by atoms with Crippen molar-refractivity contribution in [2.24, 2.45) is 5.73 Å². The smallest absolute Gasteiger partial charge is 0.215 e. The minimum absolute atomic E-state index is 0.0866. The van der Waals surface area contributed by atoms with Gasteiger partial charge in [0, 0.05) is 24.0 Å². The fraction of sp³-hybridized carbons (Fsp3) is 0.500. The highest BCUT2D eigenvalue weighted by molar-refractivity contribution is 7.99. The molecule has 0 radical (unpaired) electrons. The van der Waals surface area contributed by atoms with Crippen LogP contribution in [0.5, 0.6) is 0 Å². The molecule has 1 unspecified atom stereocenters. The number of nitrogens with two attached hydrogens (primary N) is 1. The van der Waals surface area contributed by atoms with Crippen molar-refractivity contribution < 1.29 is 0 Å². The quantitative estimate of drug-likeness (QED) is 0.770. The Morgan fingerprint density at radius 1 is 1.52 bits per heavy atom. The van der Waals surface area contributed by atoms with Gasteiger partial charge in [0.15, 0.2) is 4.96 Å². The topological polar surface area (TPSA) is 86.9 Å². The predicted molar refractivity (Wildman–Crippen MR) is 80.6 cm³/mol. The third kappa shape index (κ3) is 2.45. The van der Waals surface area contributed by atoms with Gasteiger partial charge in [0.1, 0.15) is 5.03 Å². The van der Waals surface area contributed by atoms with E-state index in [1.54, 1.807) is 11.3 Å². The van der Waals surface area contributed by atoms with E-state index in [1.165, 1.54) is 11.8 Å². The lowest BCUT2D eigenvalue weighted by atomic mass is 10.2. The van der Waals surface area contributed by atoms with E-state index in [0.29, 0.717) is 6.04 Å². The van der Waals surface area contributed by atoms with Crippen molar-refractivity contribution in [3.8, 4) is 0 Å². The molecule has 3 aromatic rings. The monoisotopic (exact) mass is 321 g/mol. The number of nitrogens with zero attached hydrogens (tertiary/aromatic N) is 6. The van der Waals surface area contributed by atoms with Gasteiger partial charge in [-0.1, -0.05) is 0 Å². The van der Waals surface area contributed by atoms with E-state index in [2.05, 4.69) is 19.9 Å². The van der Waals surface area contributed by atoms with Gasteiger partial charge in [-0.3, -0.25) is 4.40 Å². The zero-order valence-corrected chi connectivity index (χ0v) is 13.1. The van der Waals surface area contributed by atoms with Crippen LogP contribution < -0.4 is 5.73 Å². The van der Waals surface area contributed by atoms with Gasteiger partial charge < -0.3 is 5.73 Å². The number of hydrogen-bond acceptors (Lipinski definition) is 7. The van der Waals surface area contributed by atoms with E-state index in [-0.39, 0.29) is 6.04 Å². The first-order chi connectivity index (χ1) is 10.2. The molecule has 110 valence electrons. The van der Waals surface area contributed by atoms with Gasteiger partial charge in [-0.2, -0.15) is 0 Å². The molecule has 3 aromatic heterocycles. The van der Waals surface area contributed by atoms with E-state index in [9.17, 15) is 0 Å². The Balaban J connectivity index is 1.71. The third-order valence-electron chi connectivity index (χ3n) is 3.38. The highest BCUT2D eigenvalue weighted by Crippen LogP contribution is 2.38. The van der Waals surface area contributed by atoms with E-state index in [1.807, 2.05) is 23.2 Å². The summed E-state index contributed by atoms with van der Waals surface area (Å²) in [4.78, 5) is 5.69. The zero-order valence-electron chi connectivity index (χ0n) is 11.5.